The molecule has 0 aliphatic heterocycles. The van der Waals surface area contributed by atoms with Gasteiger partial charge in [0.25, 0.3) is 11.6 Å². The smallest absolute Gasteiger partial charge is 0.308 e. The number of ether oxygens (including phenoxy) is 1. The van der Waals surface area contributed by atoms with Gasteiger partial charge in [0.15, 0.2) is 5.69 Å². The second kappa shape index (κ2) is 9.82. The molecule has 166 valence electrons. The molecule has 1 N–H and O–H groups in total. The number of nitro benzene ring substituents is 1. The molecule has 1 atom stereocenters. The molecule has 1 amide bonds. The third kappa shape index (κ3) is 5.54. The van der Waals surface area contributed by atoms with Gasteiger partial charge in [0.1, 0.15) is 5.82 Å². The highest BCUT2D eigenvalue weighted by atomic mass is 19.1. The topological polar surface area (TPSA) is 116 Å². The number of nitrogens with one attached hydrogen (secondary N) is 1. The van der Waals surface area contributed by atoms with E-state index in [9.17, 15) is 24.1 Å². The molecule has 0 radical (unpaired) electrons. The fourth-order valence-corrected chi connectivity index (χ4v) is 3.10. The molecule has 0 fully saturated rings. The van der Waals surface area contributed by atoms with Crippen LogP contribution >= 0.6 is 0 Å². The Hall–Kier alpha value is -4.08. The summed E-state index contributed by atoms with van der Waals surface area (Å²) in [6.07, 6.45) is 0.794. The molecule has 0 spiro atoms. The molecule has 1 aromatic heterocycles. The van der Waals surface area contributed by atoms with Crippen LogP contribution in [-0.2, 0) is 9.53 Å². The molecule has 0 saturated heterocycles. The van der Waals surface area contributed by atoms with Gasteiger partial charge in [-0.3, -0.25) is 19.7 Å². The minimum atomic E-state index is -1.02. The van der Waals surface area contributed by atoms with Crippen molar-refractivity contribution in [3.8, 4) is 5.69 Å². The van der Waals surface area contributed by atoms with Crippen LogP contribution in [0.15, 0.2) is 60.8 Å². The molecule has 32 heavy (non-hydrogen) atoms. The molecule has 0 aliphatic rings. The average Bonchev–Trinajstić information content (AvgIpc) is 3.23. The minimum absolute atomic E-state index is 0.00456. The second-order valence-corrected chi connectivity index (χ2v) is 7.21. The van der Waals surface area contributed by atoms with E-state index in [1.165, 1.54) is 53.3 Å². The summed E-state index contributed by atoms with van der Waals surface area (Å²) in [4.78, 5) is 36.0. The van der Waals surface area contributed by atoms with Crippen molar-refractivity contribution in [3.05, 3.63) is 88.0 Å². The Morgan fingerprint density at radius 1 is 1.19 bits per heavy atom. The van der Waals surface area contributed by atoms with Crippen molar-refractivity contribution in [2.75, 3.05) is 0 Å². The van der Waals surface area contributed by atoms with E-state index < -0.39 is 28.7 Å². The lowest BCUT2D eigenvalue weighted by Crippen LogP contribution is -2.32. The van der Waals surface area contributed by atoms with Gasteiger partial charge in [-0.15, -0.1) is 0 Å². The summed E-state index contributed by atoms with van der Waals surface area (Å²) >= 11 is 0. The SMILES string of the molecule is CC(C)OC(=O)CC(NC(=O)c1ccn(-c2cccc(F)c2)n1)c1ccccc1[N+](=O)[O-]. The lowest BCUT2D eigenvalue weighted by atomic mass is 10.0. The third-order valence-corrected chi connectivity index (χ3v) is 4.45. The van der Waals surface area contributed by atoms with Crippen molar-refractivity contribution < 1.29 is 23.6 Å². The number of amides is 1. The summed E-state index contributed by atoms with van der Waals surface area (Å²) in [7, 11) is 0. The monoisotopic (exact) mass is 440 g/mol. The maximum atomic E-state index is 13.5. The number of aromatic nitrogens is 2. The molecule has 0 saturated carbocycles. The number of carbonyl (C=O) groups excluding carboxylic acids is 2. The molecule has 2 aromatic carbocycles. The van der Waals surface area contributed by atoms with Crippen molar-refractivity contribution in [1.82, 2.24) is 15.1 Å². The van der Waals surface area contributed by atoms with Crippen LogP contribution in [-0.4, -0.2) is 32.7 Å². The quantitative estimate of drug-likeness (QED) is 0.324. The molecule has 1 heterocycles. The zero-order valence-corrected chi connectivity index (χ0v) is 17.4. The van der Waals surface area contributed by atoms with Gasteiger partial charge in [0.2, 0.25) is 0 Å². The standard InChI is InChI=1S/C22H21FN4O5/c1-14(2)32-21(28)13-19(17-8-3-4-9-20(17)27(30)31)24-22(29)18-10-11-26(25-18)16-7-5-6-15(23)12-16/h3-12,14,19H,13H2,1-2H3,(H,24,29). The maximum Gasteiger partial charge on any atom is 0.308 e. The van der Waals surface area contributed by atoms with Crippen LogP contribution in [0, 0.1) is 15.9 Å². The van der Waals surface area contributed by atoms with Gasteiger partial charge < -0.3 is 10.1 Å². The van der Waals surface area contributed by atoms with Gasteiger partial charge in [-0.1, -0.05) is 24.3 Å². The number of esters is 1. The van der Waals surface area contributed by atoms with Crippen LogP contribution in [0.4, 0.5) is 10.1 Å². The molecule has 3 aromatic rings. The maximum absolute atomic E-state index is 13.5. The molecular weight excluding hydrogens is 419 g/mol. The first-order valence-electron chi connectivity index (χ1n) is 9.80. The van der Waals surface area contributed by atoms with E-state index in [0.29, 0.717) is 5.69 Å². The van der Waals surface area contributed by atoms with Crippen molar-refractivity contribution in [1.29, 1.82) is 0 Å². The third-order valence-electron chi connectivity index (χ3n) is 4.45. The van der Waals surface area contributed by atoms with E-state index in [4.69, 9.17) is 4.74 Å². The van der Waals surface area contributed by atoms with Crippen molar-refractivity contribution in [2.45, 2.75) is 32.4 Å². The van der Waals surface area contributed by atoms with Gasteiger partial charge in [-0.05, 0) is 38.1 Å². The Bertz CT molecular complexity index is 1140. The normalized spacial score (nSPS) is 11.8. The van der Waals surface area contributed by atoms with Crippen LogP contribution in [0.25, 0.3) is 5.69 Å². The van der Waals surface area contributed by atoms with Gasteiger partial charge in [-0.2, -0.15) is 5.10 Å². The summed E-state index contributed by atoms with van der Waals surface area (Å²) < 4.78 is 19.9. The Balaban J connectivity index is 1.87. The lowest BCUT2D eigenvalue weighted by Gasteiger charge is -2.19. The van der Waals surface area contributed by atoms with E-state index in [1.54, 1.807) is 26.0 Å². The van der Waals surface area contributed by atoms with E-state index >= 15 is 0 Å². The van der Waals surface area contributed by atoms with Crippen LogP contribution in [0.1, 0.15) is 42.4 Å². The summed E-state index contributed by atoms with van der Waals surface area (Å²) in [5.41, 5.74) is 0.339. The molecule has 10 heteroatoms. The Labute approximate surface area is 183 Å². The van der Waals surface area contributed by atoms with E-state index in [-0.39, 0.29) is 29.5 Å². The molecule has 9 nitrogen and oxygen atoms in total. The molecule has 0 aliphatic carbocycles. The molecular formula is C22H21FN4O5. The second-order valence-electron chi connectivity index (χ2n) is 7.21. The number of rotatable bonds is 8. The predicted octanol–water partition coefficient (Wildman–Crippen LogP) is 3.73. The lowest BCUT2D eigenvalue weighted by molar-refractivity contribution is -0.385. The van der Waals surface area contributed by atoms with Gasteiger partial charge in [0.05, 0.1) is 34.7 Å². The fraction of sp³-hybridized carbons (Fsp3) is 0.227. The van der Waals surface area contributed by atoms with Crippen LogP contribution in [0.3, 0.4) is 0 Å². The van der Waals surface area contributed by atoms with Crippen molar-refractivity contribution in [3.63, 3.8) is 0 Å². The number of nitrogens with zero attached hydrogens (tertiary/aromatic N) is 3. The number of hydrogen-bond donors (Lipinski definition) is 1. The summed E-state index contributed by atoms with van der Waals surface area (Å²) in [6, 6.07) is 11.9. The fourth-order valence-electron chi connectivity index (χ4n) is 3.10. The molecule has 3 rings (SSSR count). The zero-order valence-electron chi connectivity index (χ0n) is 17.4. The number of para-hydroxylation sites is 1. The first-order chi connectivity index (χ1) is 15.2. The first kappa shape index (κ1) is 22.6. The summed E-state index contributed by atoms with van der Waals surface area (Å²) in [6.45, 7) is 3.35. The van der Waals surface area contributed by atoms with E-state index in [2.05, 4.69) is 10.4 Å². The molecule has 1 unspecified atom stereocenters. The highest BCUT2D eigenvalue weighted by molar-refractivity contribution is 5.93. The summed E-state index contributed by atoms with van der Waals surface area (Å²) in [5, 5.41) is 18.2. The Kier molecular flexibility index (Phi) is 6.93. The minimum Gasteiger partial charge on any atom is -0.463 e. The highest BCUT2D eigenvalue weighted by Crippen LogP contribution is 2.28. The van der Waals surface area contributed by atoms with Crippen molar-refractivity contribution in [2.24, 2.45) is 0 Å². The number of halogens is 1. The number of carbonyl (C=O) groups is 2. The largest absolute Gasteiger partial charge is 0.463 e. The number of benzene rings is 2. The van der Waals surface area contributed by atoms with E-state index in [0.717, 1.165) is 0 Å². The van der Waals surface area contributed by atoms with Gasteiger partial charge in [-0.25, -0.2) is 9.07 Å². The zero-order chi connectivity index (χ0) is 23.3. The Morgan fingerprint density at radius 2 is 1.94 bits per heavy atom. The summed E-state index contributed by atoms with van der Waals surface area (Å²) in [5.74, 6) is -1.72. The number of hydrogen-bond acceptors (Lipinski definition) is 6. The van der Waals surface area contributed by atoms with Gasteiger partial charge >= 0.3 is 5.97 Å². The Morgan fingerprint density at radius 3 is 2.62 bits per heavy atom. The predicted molar refractivity (Wildman–Crippen MR) is 113 cm³/mol. The van der Waals surface area contributed by atoms with E-state index in [1.807, 2.05) is 0 Å². The highest BCUT2D eigenvalue weighted by Gasteiger charge is 2.27. The van der Waals surface area contributed by atoms with Crippen molar-refractivity contribution >= 4 is 17.6 Å². The van der Waals surface area contributed by atoms with Gasteiger partial charge in [0, 0.05) is 12.3 Å². The number of nitro groups is 1. The van der Waals surface area contributed by atoms with Crippen LogP contribution < -0.4 is 5.32 Å². The molecule has 0 bridgehead atoms. The first-order valence-corrected chi connectivity index (χ1v) is 9.80. The average molecular weight is 440 g/mol. The van der Waals surface area contributed by atoms with Crippen LogP contribution in [0.2, 0.25) is 0 Å². The van der Waals surface area contributed by atoms with Crippen LogP contribution in [0.5, 0.6) is 0 Å².